The summed E-state index contributed by atoms with van der Waals surface area (Å²) in [6, 6.07) is 18.1. The minimum atomic E-state index is -3.70. The molecule has 0 atom stereocenters. The van der Waals surface area contributed by atoms with Crippen LogP contribution in [0.2, 0.25) is 0 Å². The molecule has 0 aliphatic rings. The van der Waals surface area contributed by atoms with Crippen LogP contribution >= 0.6 is 0 Å². The van der Waals surface area contributed by atoms with E-state index in [-0.39, 0.29) is 10.7 Å². The summed E-state index contributed by atoms with van der Waals surface area (Å²) in [7, 11) is -3.70. The first-order valence-corrected chi connectivity index (χ1v) is 9.29. The van der Waals surface area contributed by atoms with Crippen LogP contribution in [0.3, 0.4) is 0 Å². The molecule has 0 amide bonds. The van der Waals surface area contributed by atoms with E-state index in [1.54, 1.807) is 41.2 Å². The van der Waals surface area contributed by atoms with Gasteiger partial charge in [0.1, 0.15) is 0 Å². The van der Waals surface area contributed by atoms with Crippen molar-refractivity contribution in [1.29, 1.82) is 0 Å². The molecule has 1 aromatic heterocycles. The molecule has 0 fully saturated rings. The Hall–Kier alpha value is -2.86. The van der Waals surface area contributed by atoms with Gasteiger partial charge in [-0.25, -0.2) is 8.42 Å². The number of rotatable bonds is 6. The van der Waals surface area contributed by atoms with Crippen LogP contribution in [0.5, 0.6) is 0 Å². The van der Waals surface area contributed by atoms with Gasteiger partial charge in [0.25, 0.3) is 10.0 Å². The van der Waals surface area contributed by atoms with Gasteiger partial charge in [0, 0.05) is 11.8 Å². The van der Waals surface area contributed by atoms with Crippen LogP contribution < -0.4 is 4.72 Å². The summed E-state index contributed by atoms with van der Waals surface area (Å²) in [6.07, 6.45) is 1.80. The lowest BCUT2D eigenvalue weighted by Gasteiger charge is -2.07. The SMILES string of the molecule is C=C(C)c1cn(Cc2ccccc2)nc1NS(=O)(=O)c1ccccc1. The first-order valence-electron chi connectivity index (χ1n) is 7.81. The molecule has 0 radical (unpaired) electrons. The summed E-state index contributed by atoms with van der Waals surface area (Å²) in [4.78, 5) is 0.195. The molecule has 0 unspecified atom stereocenters. The average Bonchev–Trinajstić information content (AvgIpc) is 2.98. The standard InChI is InChI=1S/C19H19N3O2S/c1-15(2)18-14-22(13-16-9-5-3-6-10-16)20-19(18)21-25(23,24)17-11-7-4-8-12-17/h3-12,14H,1,13H2,2H3,(H,20,21). The van der Waals surface area contributed by atoms with Gasteiger partial charge in [0.15, 0.2) is 5.82 Å². The average molecular weight is 353 g/mol. The summed E-state index contributed by atoms with van der Waals surface area (Å²) >= 11 is 0. The topological polar surface area (TPSA) is 64.0 Å². The lowest BCUT2D eigenvalue weighted by molar-refractivity contribution is 0.600. The Bertz CT molecular complexity index is 978. The van der Waals surface area contributed by atoms with Crippen molar-refractivity contribution in [3.05, 3.63) is 84.6 Å². The Morgan fingerprint density at radius 1 is 1.08 bits per heavy atom. The lowest BCUT2D eigenvalue weighted by Crippen LogP contribution is -2.14. The number of allylic oxidation sites excluding steroid dienone is 1. The van der Waals surface area contributed by atoms with E-state index in [9.17, 15) is 8.42 Å². The zero-order valence-electron chi connectivity index (χ0n) is 13.9. The zero-order chi connectivity index (χ0) is 17.9. The van der Waals surface area contributed by atoms with Crippen molar-refractivity contribution in [3.63, 3.8) is 0 Å². The highest BCUT2D eigenvalue weighted by atomic mass is 32.2. The van der Waals surface area contributed by atoms with Crippen molar-refractivity contribution in [2.24, 2.45) is 0 Å². The summed E-state index contributed by atoms with van der Waals surface area (Å²) in [5.41, 5.74) is 2.50. The molecule has 0 bridgehead atoms. The largest absolute Gasteiger partial charge is 0.266 e. The van der Waals surface area contributed by atoms with E-state index in [4.69, 9.17) is 0 Å². The van der Waals surface area contributed by atoms with Gasteiger partial charge in [0.05, 0.1) is 11.4 Å². The second-order valence-corrected chi connectivity index (χ2v) is 7.46. The molecule has 3 rings (SSSR count). The van der Waals surface area contributed by atoms with Gasteiger partial charge in [-0.05, 0) is 30.2 Å². The van der Waals surface area contributed by atoms with Gasteiger partial charge >= 0.3 is 0 Å². The van der Waals surface area contributed by atoms with Gasteiger partial charge in [-0.15, -0.1) is 0 Å². The second-order valence-electron chi connectivity index (χ2n) is 5.77. The van der Waals surface area contributed by atoms with Crippen molar-refractivity contribution < 1.29 is 8.42 Å². The normalized spacial score (nSPS) is 11.2. The molecule has 0 spiro atoms. The van der Waals surface area contributed by atoms with E-state index in [1.165, 1.54) is 0 Å². The lowest BCUT2D eigenvalue weighted by atomic mass is 10.2. The molecular weight excluding hydrogens is 334 g/mol. The quantitative estimate of drug-likeness (QED) is 0.734. The van der Waals surface area contributed by atoms with Gasteiger partial charge in [0.2, 0.25) is 0 Å². The van der Waals surface area contributed by atoms with Gasteiger partial charge in [-0.3, -0.25) is 9.40 Å². The molecule has 0 aliphatic heterocycles. The van der Waals surface area contributed by atoms with Crippen LogP contribution in [-0.2, 0) is 16.6 Å². The fourth-order valence-electron chi connectivity index (χ4n) is 2.45. The molecule has 2 aromatic carbocycles. The molecular formula is C19H19N3O2S. The van der Waals surface area contributed by atoms with Crippen LogP contribution in [-0.4, -0.2) is 18.2 Å². The van der Waals surface area contributed by atoms with Gasteiger partial charge in [-0.2, -0.15) is 5.10 Å². The Morgan fingerprint density at radius 3 is 2.28 bits per heavy atom. The zero-order valence-corrected chi connectivity index (χ0v) is 14.7. The van der Waals surface area contributed by atoms with E-state index in [2.05, 4.69) is 16.4 Å². The summed E-state index contributed by atoms with van der Waals surface area (Å²) < 4.78 is 29.4. The maximum absolute atomic E-state index is 12.6. The van der Waals surface area contributed by atoms with Crippen LogP contribution in [0.25, 0.3) is 5.57 Å². The molecule has 1 heterocycles. The molecule has 6 heteroatoms. The predicted octanol–water partition coefficient (Wildman–Crippen LogP) is 3.77. The summed E-state index contributed by atoms with van der Waals surface area (Å²) in [5, 5.41) is 4.40. The van der Waals surface area contributed by atoms with Crippen LogP contribution in [0, 0.1) is 0 Å². The maximum Gasteiger partial charge on any atom is 0.263 e. The number of nitrogens with zero attached hydrogens (tertiary/aromatic N) is 2. The third-order valence-electron chi connectivity index (χ3n) is 3.69. The molecule has 3 aromatic rings. The van der Waals surface area contributed by atoms with Gasteiger partial charge < -0.3 is 0 Å². The summed E-state index contributed by atoms with van der Waals surface area (Å²) in [5.74, 6) is 0.285. The third kappa shape index (κ3) is 3.97. The first kappa shape index (κ1) is 17.0. The van der Waals surface area contributed by atoms with Crippen LogP contribution in [0.4, 0.5) is 5.82 Å². The molecule has 0 aliphatic carbocycles. The molecule has 0 saturated heterocycles. The van der Waals surface area contributed by atoms with Crippen molar-refractivity contribution >= 4 is 21.4 Å². The fraction of sp³-hybridized carbons (Fsp3) is 0.105. The molecule has 5 nitrogen and oxygen atoms in total. The highest BCUT2D eigenvalue weighted by molar-refractivity contribution is 7.92. The van der Waals surface area contributed by atoms with Crippen LogP contribution in [0.1, 0.15) is 18.1 Å². The van der Waals surface area contributed by atoms with E-state index in [0.717, 1.165) is 11.1 Å². The highest BCUT2D eigenvalue weighted by Gasteiger charge is 2.19. The Balaban J connectivity index is 1.92. The molecule has 128 valence electrons. The first-order chi connectivity index (χ1) is 12.0. The number of nitrogens with one attached hydrogen (secondary N) is 1. The van der Waals surface area contributed by atoms with E-state index >= 15 is 0 Å². The van der Waals surface area contributed by atoms with Crippen molar-refractivity contribution in [1.82, 2.24) is 9.78 Å². The fourth-order valence-corrected chi connectivity index (χ4v) is 3.48. The predicted molar refractivity (Wildman–Crippen MR) is 99.7 cm³/mol. The maximum atomic E-state index is 12.6. The molecule has 1 N–H and O–H groups in total. The number of benzene rings is 2. The Morgan fingerprint density at radius 2 is 1.68 bits per heavy atom. The second kappa shape index (κ2) is 6.94. The monoisotopic (exact) mass is 353 g/mol. The van der Waals surface area contributed by atoms with Gasteiger partial charge in [-0.1, -0.05) is 55.1 Å². The van der Waals surface area contributed by atoms with E-state index in [0.29, 0.717) is 12.1 Å². The Labute approximate surface area is 147 Å². The minimum absolute atomic E-state index is 0.195. The number of hydrogen-bond donors (Lipinski definition) is 1. The van der Waals surface area contributed by atoms with Crippen molar-refractivity contribution in [3.8, 4) is 0 Å². The number of anilines is 1. The van der Waals surface area contributed by atoms with E-state index in [1.807, 2.05) is 37.3 Å². The number of hydrogen-bond acceptors (Lipinski definition) is 3. The Kier molecular flexibility index (Phi) is 4.72. The minimum Gasteiger partial charge on any atom is -0.266 e. The number of aromatic nitrogens is 2. The van der Waals surface area contributed by atoms with Crippen molar-refractivity contribution in [2.45, 2.75) is 18.4 Å². The third-order valence-corrected chi connectivity index (χ3v) is 5.05. The molecule has 0 saturated carbocycles. The van der Waals surface area contributed by atoms with Crippen LogP contribution in [0.15, 0.2) is 78.3 Å². The van der Waals surface area contributed by atoms with Crippen molar-refractivity contribution in [2.75, 3.05) is 4.72 Å². The molecule has 25 heavy (non-hydrogen) atoms. The summed E-state index contributed by atoms with van der Waals surface area (Å²) in [6.45, 7) is 6.29. The smallest absolute Gasteiger partial charge is 0.263 e. The number of sulfonamides is 1. The van der Waals surface area contributed by atoms with E-state index < -0.39 is 10.0 Å². The highest BCUT2D eigenvalue weighted by Crippen LogP contribution is 2.24.